The van der Waals surface area contributed by atoms with Crippen LogP contribution in [0, 0.1) is 11.8 Å². The molecule has 0 aromatic rings. The molecule has 3 nitrogen and oxygen atoms in total. The van der Waals surface area contributed by atoms with Gasteiger partial charge in [0, 0.05) is 0 Å². The second-order valence-corrected chi connectivity index (χ2v) is 4.16. The summed E-state index contributed by atoms with van der Waals surface area (Å²) in [7, 11) is 0. The summed E-state index contributed by atoms with van der Waals surface area (Å²) in [6.45, 7) is 9.73. The van der Waals surface area contributed by atoms with Crippen molar-refractivity contribution in [2.45, 2.75) is 46.8 Å². The van der Waals surface area contributed by atoms with Crippen LogP contribution in [0.4, 0.5) is 0 Å². The van der Waals surface area contributed by atoms with Crippen molar-refractivity contribution in [3.8, 4) is 0 Å². The zero-order valence-corrected chi connectivity index (χ0v) is 9.20. The Hall–Kier alpha value is -0.570. The van der Waals surface area contributed by atoms with Gasteiger partial charge >= 0.3 is 5.97 Å². The lowest BCUT2D eigenvalue weighted by Gasteiger charge is -2.20. The van der Waals surface area contributed by atoms with Crippen molar-refractivity contribution in [1.82, 2.24) is 0 Å². The quantitative estimate of drug-likeness (QED) is 0.679. The molecule has 0 spiro atoms. The zero-order valence-electron chi connectivity index (χ0n) is 9.20. The molecule has 0 radical (unpaired) electrons. The summed E-state index contributed by atoms with van der Waals surface area (Å²) in [6, 6.07) is -0.499. The van der Waals surface area contributed by atoms with Crippen molar-refractivity contribution in [1.29, 1.82) is 0 Å². The first-order valence-electron chi connectivity index (χ1n) is 4.82. The van der Waals surface area contributed by atoms with Crippen LogP contribution in [0.5, 0.6) is 0 Å². The molecule has 0 aromatic heterocycles. The fourth-order valence-corrected chi connectivity index (χ4v) is 0.670. The lowest BCUT2D eigenvalue weighted by Crippen LogP contribution is -2.39. The van der Waals surface area contributed by atoms with Gasteiger partial charge in [0.25, 0.3) is 0 Å². The van der Waals surface area contributed by atoms with Crippen molar-refractivity contribution in [3.05, 3.63) is 0 Å². The van der Waals surface area contributed by atoms with Crippen LogP contribution in [-0.4, -0.2) is 18.1 Å². The van der Waals surface area contributed by atoms with Gasteiger partial charge in [-0.1, -0.05) is 27.7 Å². The minimum absolute atomic E-state index is 0.0581. The number of carbonyl (C=O) groups excluding carboxylic acids is 1. The maximum Gasteiger partial charge on any atom is 0.323 e. The van der Waals surface area contributed by atoms with Crippen molar-refractivity contribution in [2.24, 2.45) is 17.6 Å². The number of carbonyl (C=O) groups is 1. The molecule has 0 aromatic carbocycles. The third kappa shape index (κ3) is 4.27. The molecule has 13 heavy (non-hydrogen) atoms. The Labute approximate surface area is 80.6 Å². The summed E-state index contributed by atoms with van der Waals surface area (Å²) in [6.07, 6.45) is -0.0581. The van der Waals surface area contributed by atoms with Crippen molar-refractivity contribution >= 4 is 5.97 Å². The maximum atomic E-state index is 11.4. The second kappa shape index (κ2) is 5.22. The van der Waals surface area contributed by atoms with Gasteiger partial charge in [0.05, 0.1) is 0 Å². The van der Waals surface area contributed by atoms with Gasteiger partial charge in [-0.05, 0) is 18.8 Å². The molecule has 78 valence electrons. The predicted octanol–water partition coefficient (Wildman–Crippen LogP) is 1.56. The normalized spacial score (nSPS) is 16.0. The van der Waals surface area contributed by atoms with Gasteiger partial charge in [-0.25, -0.2) is 0 Å². The van der Waals surface area contributed by atoms with Crippen LogP contribution in [0.15, 0.2) is 0 Å². The van der Waals surface area contributed by atoms with E-state index in [1.54, 1.807) is 0 Å². The van der Waals surface area contributed by atoms with E-state index >= 15 is 0 Å². The third-order valence-corrected chi connectivity index (χ3v) is 2.23. The van der Waals surface area contributed by atoms with Crippen molar-refractivity contribution < 1.29 is 9.53 Å². The molecule has 0 rings (SSSR count). The molecule has 2 N–H and O–H groups in total. The van der Waals surface area contributed by atoms with Gasteiger partial charge in [0.2, 0.25) is 0 Å². The lowest BCUT2D eigenvalue weighted by atomic mass is 10.1. The molecule has 3 heteroatoms. The topological polar surface area (TPSA) is 52.3 Å². The summed E-state index contributed by atoms with van der Waals surface area (Å²) in [5, 5.41) is 0. The summed E-state index contributed by atoms with van der Waals surface area (Å²) < 4.78 is 5.17. The highest BCUT2D eigenvalue weighted by atomic mass is 16.5. The molecule has 0 aliphatic rings. The molecule has 0 bridgehead atoms. The largest absolute Gasteiger partial charge is 0.461 e. The molecule has 0 heterocycles. The number of nitrogens with two attached hydrogens (primary N) is 1. The van der Waals surface area contributed by atoms with Gasteiger partial charge in [0.1, 0.15) is 12.1 Å². The van der Waals surface area contributed by atoms with Crippen LogP contribution in [0.3, 0.4) is 0 Å². The summed E-state index contributed by atoms with van der Waals surface area (Å²) in [4.78, 5) is 11.4. The number of esters is 1. The number of ether oxygens (including phenoxy) is 1. The van der Waals surface area contributed by atoms with Gasteiger partial charge in [-0.15, -0.1) is 0 Å². The average molecular weight is 187 g/mol. The molecule has 2 atom stereocenters. The standard InChI is InChI=1S/C10H21NO2/c1-6(2)8(5)13-10(12)9(11)7(3)4/h6-9H,11H2,1-5H3/t8-,9+/m0/s1. The van der Waals surface area contributed by atoms with Gasteiger partial charge in [-0.2, -0.15) is 0 Å². The van der Waals surface area contributed by atoms with E-state index in [4.69, 9.17) is 10.5 Å². The molecule has 0 saturated carbocycles. The molecule has 0 unspecified atom stereocenters. The first-order valence-corrected chi connectivity index (χ1v) is 4.82. The maximum absolute atomic E-state index is 11.4. The van der Waals surface area contributed by atoms with E-state index in [-0.39, 0.29) is 18.0 Å². The second-order valence-electron chi connectivity index (χ2n) is 4.16. The fourth-order valence-electron chi connectivity index (χ4n) is 0.670. The van der Waals surface area contributed by atoms with Crippen LogP contribution in [0.2, 0.25) is 0 Å². The monoisotopic (exact) mass is 187 g/mol. The minimum atomic E-state index is -0.499. The highest BCUT2D eigenvalue weighted by Crippen LogP contribution is 2.08. The van der Waals surface area contributed by atoms with Crippen LogP contribution in [0.1, 0.15) is 34.6 Å². The predicted molar refractivity (Wildman–Crippen MR) is 53.2 cm³/mol. The van der Waals surface area contributed by atoms with Crippen molar-refractivity contribution in [2.75, 3.05) is 0 Å². The first-order chi connectivity index (χ1) is 5.86. The Morgan fingerprint density at radius 1 is 1.08 bits per heavy atom. The van der Waals surface area contributed by atoms with Crippen molar-refractivity contribution in [3.63, 3.8) is 0 Å². The fraction of sp³-hybridized carbons (Fsp3) is 0.900. The van der Waals surface area contributed by atoms with E-state index < -0.39 is 6.04 Å². The number of hydrogen-bond donors (Lipinski definition) is 1. The van der Waals surface area contributed by atoms with E-state index in [9.17, 15) is 4.79 Å². The van der Waals surface area contributed by atoms with Crippen LogP contribution in [0.25, 0.3) is 0 Å². The summed E-state index contributed by atoms with van der Waals surface area (Å²) in [5.74, 6) is 0.173. The number of hydrogen-bond acceptors (Lipinski definition) is 3. The Morgan fingerprint density at radius 3 is 1.85 bits per heavy atom. The van der Waals surface area contributed by atoms with Gasteiger partial charge in [-0.3, -0.25) is 4.79 Å². The van der Waals surface area contributed by atoms with Crippen LogP contribution in [-0.2, 0) is 9.53 Å². The Balaban J connectivity index is 4.00. The van der Waals surface area contributed by atoms with E-state index in [1.165, 1.54) is 0 Å². The van der Waals surface area contributed by atoms with Crippen LogP contribution < -0.4 is 5.73 Å². The Kier molecular flexibility index (Phi) is 4.99. The van der Waals surface area contributed by atoms with E-state index in [2.05, 4.69) is 0 Å². The lowest BCUT2D eigenvalue weighted by molar-refractivity contribution is -0.152. The average Bonchev–Trinajstić information content (AvgIpc) is 2.02. The molecule has 0 saturated heterocycles. The first kappa shape index (κ1) is 12.4. The Morgan fingerprint density at radius 2 is 1.54 bits per heavy atom. The van der Waals surface area contributed by atoms with Crippen LogP contribution >= 0.6 is 0 Å². The van der Waals surface area contributed by atoms with E-state index in [1.807, 2.05) is 34.6 Å². The molecular formula is C10H21NO2. The molecule has 0 fully saturated rings. The molecular weight excluding hydrogens is 166 g/mol. The molecule has 0 amide bonds. The highest BCUT2D eigenvalue weighted by molar-refractivity contribution is 5.75. The summed E-state index contributed by atoms with van der Waals surface area (Å²) in [5.41, 5.74) is 5.63. The SMILES string of the molecule is CC(C)[C@H](C)OC(=O)[C@H](N)C(C)C. The third-order valence-electron chi connectivity index (χ3n) is 2.23. The highest BCUT2D eigenvalue weighted by Gasteiger charge is 2.21. The molecule has 0 aliphatic heterocycles. The Bertz CT molecular complexity index is 166. The smallest absolute Gasteiger partial charge is 0.323 e. The van der Waals surface area contributed by atoms with E-state index in [0.717, 1.165) is 0 Å². The minimum Gasteiger partial charge on any atom is -0.461 e. The van der Waals surface area contributed by atoms with Gasteiger partial charge < -0.3 is 10.5 Å². The molecule has 0 aliphatic carbocycles. The zero-order chi connectivity index (χ0) is 10.6. The van der Waals surface area contributed by atoms with E-state index in [0.29, 0.717) is 5.92 Å². The summed E-state index contributed by atoms with van der Waals surface area (Å²) >= 11 is 0. The van der Waals surface area contributed by atoms with Gasteiger partial charge in [0.15, 0.2) is 0 Å². The number of rotatable bonds is 4.